The Morgan fingerprint density at radius 2 is 2.10 bits per heavy atom. The Hall–Kier alpha value is -1.38. The molecule has 0 saturated heterocycles. The number of rotatable bonds is 4. The molecule has 0 aliphatic heterocycles. The molecule has 21 heavy (non-hydrogen) atoms. The van der Waals surface area contributed by atoms with E-state index in [0.717, 1.165) is 0 Å². The summed E-state index contributed by atoms with van der Waals surface area (Å²) in [6.45, 7) is 1.56. The lowest BCUT2D eigenvalue weighted by molar-refractivity contribution is -0.122. The summed E-state index contributed by atoms with van der Waals surface area (Å²) in [5.41, 5.74) is 5.63. The predicted octanol–water partition coefficient (Wildman–Crippen LogP) is 0.480. The summed E-state index contributed by atoms with van der Waals surface area (Å²) in [6.07, 6.45) is 4.47. The van der Waals surface area contributed by atoms with Gasteiger partial charge in [0.05, 0.1) is 11.6 Å². The first kappa shape index (κ1) is 16.0. The molecule has 7 nitrogen and oxygen atoms in total. The number of halogens is 1. The van der Waals surface area contributed by atoms with Gasteiger partial charge in [0.25, 0.3) is 0 Å². The topological polar surface area (TPSA) is 107 Å². The normalized spacial score (nSPS) is 22.4. The van der Waals surface area contributed by atoms with Crippen LogP contribution in [0.2, 0.25) is 5.15 Å². The molecule has 0 spiro atoms. The molecule has 1 heterocycles. The Morgan fingerprint density at radius 3 is 2.62 bits per heavy atom. The van der Waals surface area contributed by atoms with Gasteiger partial charge < -0.3 is 5.73 Å². The highest BCUT2D eigenvalue weighted by Gasteiger charge is 2.33. The van der Waals surface area contributed by atoms with Crippen molar-refractivity contribution in [2.75, 3.05) is 0 Å². The van der Waals surface area contributed by atoms with E-state index in [1.165, 1.54) is 4.68 Å². The fourth-order valence-corrected chi connectivity index (χ4v) is 4.47. The molecule has 0 saturated carbocycles. The molecule has 1 aliphatic carbocycles. The van der Waals surface area contributed by atoms with Crippen molar-refractivity contribution in [3.05, 3.63) is 23.0 Å². The van der Waals surface area contributed by atoms with Gasteiger partial charge in [-0.15, -0.1) is 0 Å². The zero-order valence-electron chi connectivity index (χ0n) is 11.7. The standard InChI is InChI=1S/C12H17ClN4O3S/c1-7-10(11(13)17(2)15-7)21(19,20)16-9-6-4-3-5-8(9)12(14)18/h3-4,8-9,16H,5-6H2,1-2H3,(H2,14,18)/t8-,9-/m1/s1. The molecule has 2 rings (SSSR count). The molecule has 2 atom stereocenters. The number of aryl methyl sites for hydroxylation is 2. The largest absolute Gasteiger partial charge is 0.369 e. The quantitative estimate of drug-likeness (QED) is 0.782. The number of nitrogens with one attached hydrogen (secondary N) is 1. The molecule has 116 valence electrons. The summed E-state index contributed by atoms with van der Waals surface area (Å²) in [4.78, 5) is 11.4. The zero-order chi connectivity index (χ0) is 15.8. The number of nitrogens with zero attached hydrogens (tertiary/aromatic N) is 2. The molecule has 9 heteroatoms. The van der Waals surface area contributed by atoms with Crippen LogP contribution >= 0.6 is 11.6 Å². The van der Waals surface area contributed by atoms with Gasteiger partial charge in [-0.25, -0.2) is 13.1 Å². The third-order valence-corrected chi connectivity index (χ3v) is 5.66. The molecule has 3 N–H and O–H groups in total. The molecule has 1 aliphatic rings. The van der Waals surface area contributed by atoms with Crippen LogP contribution < -0.4 is 10.5 Å². The van der Waals surface area contributed by atoms with Gasteiger partial charge >= 0.3 is 0 Å². The number of sulfonamides is 1. The van der Waals surface area contributed by atoms with Gasteiger partial charge in [-0.1, -0.05) is 23.8 Å². The summed E-state index contributed by atoms with van der Waals surface area (Å²) in [5, 5.41) is 4.01. The maximum Gasteiger partial charge on any atom is 0.245 e. The summed E-state index contributed by atoms with van der Waals surface area (Å²) >= 11 is 5.99. The van der Waals surface area contributed by atoms with E-state index >= 15 is 0 Å². The average molecular weight is 333 g/mol. The van der Waals surface area contributed by atoms with E-state index in [4.69, 9.17) is 17.3 Å². The molecule has 0 unspecified atom stereocenters. The third kappa shape index (κ3) is 3.12. The predicted molar refractivity (Wildman–Crippen MR) is 78.1 cm³/mol. The van der Waals surface area contributed by atoms with E-state index in [0.29, 0.717) is 18.5 Å². The summed E-state index contributed by atoms with van der Waals surface area (Å²) < 4.78 is 28.8. The molecule has 1 aromatic rings. The van der Waals surface area contributed by atoms with Crippen molar-refractivity contribution >= 4 is 27.5 Å². The minimum atomic E-state index is -3.87. The Bertz CT molecular complexity index is 696. The van der Waals surface area contributed by atoms with Crippen LogP contribution in [0.1, 0.15) is 18.5 Å². The fraction of sp³-hybridized carbons (Fsp3) is 0.500. The van der Waals surface area contributed by atoms with E-state index in [1.54, 1.807) is 14.0 Å². The second kappa shape index (κ2) is 5.78. The minimum absolute atomic E-state index is 0.0296. The summed E-state index contributed by atoms with van der Waals surface area (Å²) in [7, 11) is -2.31. The van der Waals surface area contributed by atoms with E-state index < -0.39 is 27.9 Å². The first-order valence-electron chi connectivity index (χ1n) is 6.39. The molecule has 0 radical (unpaired) electrons. The van der Waals surface area contributed by atoms with Crippen molar-refractivity contribution < 1.29 is 13.2 Å². The molecular weight excluding hydrogens is 316 g/mol. The summed E-state index contributed by atoms with van der Waals surface area (Å²) in [5.74, 6) is -1.10. The number of carbonyl (C=O) groups is 1. The van der Waals surface area contributed by atoms with Crippen LogP contribution in [0, 0.1) is 12.8 Å². The smallest absolute Gasteiger partial charge is 0.245 e. The van der Waals surface area contributed by atoms with Crippen LogP contribution in [0.25, 0.3) is 0 Å². The van der Waals surface area contributed by atoms with Crippen molar-refractivity contribution in [2.24, 2.45) is 18.7 Å². The SMILES string of the molecule is Cc1nn(C)c(Cl)c1S(=O)(=O)N[C@@H]1CC=CC[C@H]1C(N)=O. The number of nitrogens with two attached hydrogens (primary N) is 1. The lowest BCUT2D eigenvalue weighted by Gasteiger charge is -2.26. The van der Waals surface area contributed by atoms with E-state index in [-0.39, 0.29) is 10.0 Å². The second-order valence-corrected chi connectivity index (χ2v) is 7.02. The Morgan fingerprint density at radius 1 is 1.48 bits per heavy atom. The lowest BCUT2D eigenvalue weighted by Crippen LogP contribution is -2.46. The van der Waals surface area contributed by atoms with E-state index in [2.05, 4.69) is 9.82 Å². The number of amides is 1. The average Bonchev–Trinajstić information content (AvgIpc) is 2.63. The number of allylic oxidation sites excluding steroid dienone is 1. The van der Waals surface area contributed by atoms with Crippen LogP contribution in [0.3, 0.4) is 0 Å². The van der Waals surface area contributed by atoms with Crippen molar-refractivity contribution in [1.82, 2.24) is 14.5 Å². The first-order chi connectivity index (χ1) is 9.74. The van der Waals surface area contributed by atoms with Crippen LogP contribution in [-0.4, -0.2) is 30.1 Å². The number of primary amides is 1. The molecule has 0 bridgehead atoms. The lowest BCUT2D eigenvalue weighted by atomic mass is 9.89. The van der Waals surface area contributed by atoms with Gasteiger partial charge in [0.1, 0.15) is 10.0 Å². The van der Waals surface area contributed by atoms with Crippen molar-refractivity contribution in [3.8, 4) is 0 Å². The molecule has 0 aromatic carbocycles. The third-order valence-electron chi connectivity index (χ3n) is 3.47. The van der Waals surface area contributed by atoms with Gasteiger partial charge in [0, 0.05) is 13.1 Å². The van der Waals surface area contributed by atoms with Gasteiger partial charge in [-0.05, 0) is 19.8 Å². The monoisotopic (exact) mass is 332 g/mol. The number of hydrogen-bond donors (Lipinski definition) is 2. The van der Waals surface area contributed by atoms with E-state index in [9.17, 15) is 13.2 Å². The maximum atomic E-state index is 12.5. The van der Waals surface area contributed by atoms with Crippen molar-refractivity contribution in [1.29, 1.82) is 0 Å². The molecule has 1 amide bonds. The van der Waals surface area contributed by atoms with E-state index in [1.807, 2.05) is 12.2 Å². The highest BCUT2D eigenvalue weighted by atomic mass is 35.5. The first-order valence-corrected chi connectivity index (χ1v) is 8.26. The fourth-order valence-electron chi connectivity index (χ4n) is 2.43. The number of aromatic nitrogens is 2. The zero-order valence-corrected chi connectivity index (χ0v) is 13.3. The molecular formula is C12H17ClN4O3S. The Kier molecular flexibility index (Phi) is 4.40. The highest BCUT2D eigenvalue weighted by Crippen LogP contribution is 2.26. The molecule has 0 fully saturated rings. The number of hydrogen-bond acceptors (Lipinski definition) is 4. The minimum Gasteiger partial charge on any atom is -0.369 e. The van der Waals surface area contributed by atoms with Gasteiger partial charge in [-0.2, -0.15) is 5.10 Å². The van der Waals surface area contributed by atoms with Gasteiger partial charge in [-0.3, -0.25) is 9.48 Å². The maximum absolute atomic E-state index is 12.5. The Balaban J connectivity index is 2.33. The Labute approximate surface area is 128 Å². The van der Waals surface area contributed by atoms with Gasteiger partial charge in [0.15, 0.2) is 0 Å². The highest BCUT2D eigenvalue weighted by molar-refractivity contribution is 7.89. The van der Waals surface area contributed by atoms with Crippen LogP contribution in [0.15, 0.2) is 17.0 Å². The second-order valence-electron chi connectivity index (χ2n) is 5.01. The van der Waals surface area contributed by atoms with Crippen LogP contribution in [0.4, 0.5) is 0 Å². The number of carbonyl (C=O) groups excluding carboxylic acids is 1. The summed E-state index contributed by atoms with van der Waals surface area (Å²) in [6, 6.07) is -0.576. The van der Waals surface area contributed by atoms with Crippen LogP contribution in [0.5, 0.6) is 0 Å². The molecule has 1 aromatic heterocycles. The van der Waals surface area contributed by atoms with Crippen molar-refractivity contribution in [2.45, 2.75) is 30.7 Å². The van der Waals surface area contributed by atoms with Crippen LogP contribution in [-0.2, 0) is 21.9 Å². The van der Waals surface area contributed by atoms with Gasteiger partial charge in [0.2, 0.25) is 15.9 Å². The van der Waals surface area contributed by atoms with Crippen molar-refractivity contribution in [3.63, 3.8) is 0 Å².